The Morgan fingerprint density at radius 2 is 1.93 bits per heavy atom. The molecule has 1 fully saturated rings. The summed E-state index contributed by atoms with van der Waals surface area (Å²) in [5.74, 6) is 0.279. The minimum atomic E-state index is -0.662. The molecule has 1 saturated heterocycles. The number of para-hydroxylation sites is 1. The van der Waals surface area contributed by atoms with Crippen LogP contribution in [0.15, 0.2) is 65.7 Å². The number of carbonyl (C=O) groups is 1. The molecule has 1 aromatic carbocycles. The van der Waals surface area contributed by atoms with Crippen LogP contribution in [0.5, 0.6) is 0 Å². The molecule has 29 heavy (non-hydrogen) atoms. The lowest BCUT2D eigenvalue weighted by Crippen LogP contribution is -2.49. The Bertz CT molecular complexity index is 1050. The minimum absolute atomic E-state index is 0.168. The summed E-state index contributed by atoms with van der Waals surface area (Å²) in [7, 11) is 1.68. The van der Waals surface area contributed by atoms with Crippen molar-refractivity contribution in [3.63, 3.8) is 0 Å². The van der Waals surface area contributed by atoms with Gasteiger partial charge in [-0.15, -0.1) is 0 Å². The van der Waals surface area contributed by atoms with E-state index in [9.17, 15) is 9.59 Å². The third kappa shape index (κ3) is 4.17. The van der Waals surface area contributed by atoms with Crippen molar-refractivity contribution < 1.29 is 9.53 Å². The van der Waals surface area contributed by atoms with Gasteiger partial charge in [-0.1, -0.05) is 18.2 Å². The standard InChI is InChI=1S/C21H21N5O3/c1-25-19(27)13-17(15-7-9-22-10-8-15)24-21(25)26-11-12-29-18(14-26)20(28)23-16-5-3-2-4-6-16/h2-10,13,18H,11-12,14H2,1H3,(H,23,28). The molecule has 1 aliphatic heterocycles. The Balaban J connectivity index is 1.57. The SMILES string of the molecule is Cn1c(N2CCOC(C(=O)Nc3ccccc3)C2)nc(-c2ccncc2)cc1=O. The molecule has 0 radical (unpaired) electrons. The van der Waals surface area contributed by atoms with Crippen LogP contribution in [-0.4, -0.2) is 46.2 Å². The Morgan fingerprint density at radius 1 is 1.17 bits per heavy atom. The molecule has 1 N–H and O–H groups in total. The van der Waals surface area contributed by atoms with Crippen LogP contribution in [0.4, 0.5) is 11.6 Å². The van der Waals surface area contributed by atoms with Crippen molar-refractivity contribution in [2.45, 2.75) is 6.10 Å². The average molecular weight is 391 g/mol. The topological polar surface area (TPSA) is 89.3 Å². The predicted octanol–water partition coefficient (Wildman–Crippen LogP) is 1.69. The number of morpholine rings is 1. The number of ether oxygens (including phenoxy) is 1. The quantitative estimate of drug-likeness (QED) is 0.728. The van der Waals surface area contributed by atoms with Crippen molar-refractivity contribution in [1.29, 1.82) is 0 Å². The smallest absolute Gasteiger partial charge is 0.255 e. The largest absolute Gasteiger partial charge is 0.365 e. The minimum Gasteiger partial charge on any atom is -0.365 e. The van der Waals surface area contributed by atoms with Gasteiger partial charge in [-0.2, -0.15) is 0 Å². The molecule has 3 heterocycles. The molecule has 8 nitrogen and oxygen atoms in total. The van der Waals surface area contributed by atoms with Crippen LogP contribution in [-0.2, 0) is 16.6 Å². The van der Waals surface area contributed by atoms with E-state index in [1.807, 2.05) is 35.2 Å². The number of amides is 1. The molecule has 0 saturated carbocycles. The van der Waals surface area contributed by atoms with Crippen molar-refractivity contribution >= 4 is 17.5 Å². The fourth-order valence-corrected chi connectivity index (χ4v) is 3.21. The van der Waals surface area contributed by atoms with Crippen LogP contribution in [0.3, 0.4) is 0 Å². The van der Waals surface area contributed by atoms with Crippen LogP contribution in [0.2, 0.25) is 0 Å². The molecule has 1 atom stereocenters. The zero-order chi connectivity index (χ0) is 20.2. The Hall–Kier alpha value is -3.52. The molecule has 0 bridgehead atoms. The normalized spacial score (nSPS) is 16.4. The number of nitrogens with one attached hydrogen (secondary N) is 1. The lowest BCUT2D eigenvalue weighted by molar-refractivity contribution is -0.128. The van der Waals surface area contributed by atoms with E-state index in [1.165, 1.54) is 10.6 Å². The number of hydrogen-bond donors (Lipinski definition) is 1. The number of carbonyl (C=O) groups excluding carboxylic acids is 1. The van der Waals surface area contributed by atoms with E-state index in [2.05, 4.69) is 15.3 Å². The Kier molecular flexibility index (Phi) is 5.35. The van der Waals surface area contributed by atoms with E-state index in [0.29, 0.717) is 37.0 Å². The maximum absolute atomic E-state index is 12.6. The molecule has 8 heteroatoms. The van der Waals surface area contributed by atoms with Crippen LogP contribution in [0.25, 0.3) is 11.3 Å². The molecule has 0 aliphatic carbocycles. The summed E-state index contributed by atoms with van der Waals surface area (Å²) in [4.78, 5) is 35.7. The molecule has 1 aliphatic rings. The maximum atomic E-state index is 12.6. The Labute approximate surface area is 167 Å². The van der Waals surface area contributed by atoms with Gasteiger partial charge in [0.15, 0.2) is 6.10 Å². The maximum Gasteiger partial charge on any atom is 0.255 e. The number of anilines is 2. The van der Waals surface area contributed by atoms with Gasteiger partial charge in [0.05, 0.1) is 18.8 Å². The molecule has 3 aromatic rings. The highest BCUT2D eigenvalue weighted by Crippen LogP contribution is 2.20. The first kappa shape index (κ1) is 18.8. The molecular formula is C21H21N5O3. The number of benzene rings is 1. The summed E-state index contributed by atoms with van der Waals surface area (Å²) in [6.45, 7) is 1.20. The van der Waals surface area contributed by atoms with Gasteiger partial charge in [-0.25, -0.2) is 4.98 Å². The highest BCUT2D eigenvalue weighted by Gasteiger charge is 2.29. The lowest BCUT2D eigenvalue weighted by Gasteiger charge is -2.33. The number of nitrogens with zero attached hydrogens (tertiary/aromatic N) is 4. The molecule has 148 valence electrons. The van der Waals surface area contributed by atoms with E-state index < -0.39 is 6.10 Å². The second-order valence-electron chi connectivity index (χ2n) is 6.74. The number of rotatable bonds is 4. The molecule has 2 aromatic heterocycles. The second-order valence-corrected chi connectivity index (χ2v) is 6.74. The van der Waals surface area contributed by atoms with Crippen LogP contribution < -0.4 is 15.8 Å². The molecular weight excluding hydrogens is 370 g/mol. The fraction of sp³-hybridized carbons (Fsp3) is 0.238. The monoisotopic (exact) mass is 391 g/mol. The fourth-order valence-electron chi connectivity index (χ4n) is 3.21. The van der Waals surface area contributed by atoms with Gasteiger partial charge in [-0.3, -0.25) is 19.1 Å². The van der Waals surface area contributed by atoms with E-state index in [-0.39, 0.29) is 11.5 Å². The first-order valence-corrected chi connectivity index (χ1v) is 9.33. The summed E-state index contributed by atoms with van der Waals surface area (Å²) < 4.78 is 7.16. The van der Waals surface area contributed by atoms with Gasteiger partial charge in [0.25, 0.3) is 11.5 Å². The summed E-state index contributed by atoms with van der Waals surface area (Å²) in [5.41, 5.74) is 1.93. The van der Waals surface area contributed by atoms with Crippen LogP contribution >= 0.6 is 0 Å². The first-order chi connectivity index (χ1) is 14.1. The van der Waals surface area contributed by atoms with Gasteiger partial charge < -0.3 is 15.0 Å². The zero-order valence-electron chi connectivity index (χ0n) is 16.0. The van der Waals surface area contributed by atoms with E-state index in [0.717, 1.165) is 5.56 Å². The van der Waals surface area contributed by atoms with Crippen molar-refractivity contribution in [3.8, 4) is 11.3 Å². The average Bonchev–Trinajstić information content (AvgIpc) is 2.77. The summed E-state index contributed by atoms with van der Waals surface area (Å²) >= 11 is 0. The highest BCUT2D eigenvalue weighted by atomic mass is 16.5. The molecule has 4 rings (SSSR count). The number of pyridine rings is 1. The van der Waals surface area contributed by atoms with Gasteiger partial charge in [0, 0.05) is 43.3 Å². The van der Waals surface area contributed by atoms with Crippen molar-refractivity contribution in [1.82, 2.24) is 14.5 Å². The van der Waals surface area contributed by atoms with Crippen molar-refractivity contribution in [3.05, 3.63) is 71.3 Å². The van der Waals surface area contributed by atoms with Gasteiger partial charge in [-0.05, 0) is 24.3 Å². The molecule has 0 spiro atoms. The first-order valence-electron chi connectivity index (χ1n) is 9.33. The number of aromatic nitrogens is 3. The summed E-state index contributed by atoms with van der Waals surface area (Å²) in [6.07, 6.45) is 2.66. The van der Waals surface area contributed by atoms with Crippen molar-refractivity contribution in [2.75, 3.05) is 29.9 Å². The van der Waals surface area contributed by atoms with Gasteiger partial charge >= 0.3 is 0 Å². The van der Waals surface area contributed by atoms with Crippen molar-refractivity contribution in [2.24, 2.45) is 7.05 Å². The van der Waals surface area contributed by atoms with E-state index in [4.69, 9.17) is 4.74 Å². The van der Waals surface area contributed by atoms with Gasteiger partial charge in [0.1, 0.15) is 0 Å². The zero-order valence-corrected chi connectivity index (χ0v) is 16.0. The van der Waals surface area contributed by atoms with E-state index >= 15 is 0 Å². The highest BCUT2D eigenvalue weighted by molar-refractivity contribution is 5.94. The summed E-state index contributed by atoms with van der Waals surface area (Å²) in [6, 6.07) is 14.4. The summed E-state index contributed by atoms with van der Waals surface area (Å²) in [5, 5.41) is 2.86. The number of hydrogen-bond acceptors (Lipinski definition) is 6. The molecule has 1 amide bonds. The third-order valence-corrected chi connectivity index (χ3v) is 4.77. The lowest BCUT2D eigenvalue weighted by atomic mass is 10.2. The van der Waals surface area contributed by atoms with Crippen LogP contribution in [0, 0.1) is 0 Å². The predicted molar refractivity (Wildman–Crippen MR) is 110 cm³/mol. The third-order valence-electron chi connectivity index (χ3n) is 4.77. The second kappa shape index (κ2) is 8.24. The van der Waals surface area contributed by atoms with E-state index in [1.54, 1.807) is 31.6 Å². The van der Waals surface area contributed by atoms with Crippen LogP contribution in [0.1, 0.15) is 0 Å². The Morgan fingerprint density at radius 3 is 2.69 bits per heavy atom. The molecule has 1 unspecified atom stereocenters. The van der Waals surface area contributed by atoms with Gasteiger partial charge in [0.2, 0.25) is 5.95 Å².